The summed E-state index contributed by atoms with van der Waals surface area (Å²) in [5.41, 5.74) is -1.09. The smallest absolute Gasteiger partial charge is 0.243 e. The van der Waals surface area contributed by atoms with Crippen molar-refractivity contribution in [3.05, 3.63) is 24.0 Å². The lowest BCUT2D eigenvalue weighted by Crippen LogP contribution is -2.47. The number of hydrogen-bond donors (Lipinski definition) is 2. The molecule has 0 bridgehead atoms. The number of sulfonamides is 1. The molecule has 0 spiro atoms. The largest absolute Gasteiger partial charge is 0.389 e. The third-order valence-electron chi connectivity index (χ3n) is 3.04. The first-order valence-electron chi connectivity index (χ1n) is 5.54. The van der Waals surface area contributed by atoms with Gasteiger partial charge in [-0.05, 0) is 31.4 Å². The Morgan fingerprint density at radius 2 is 2.28 bits per heavy atom. The van der Waals surface area contributed by atoms with Crippen LogP contribution in [0.2, 0.25) is 0 Å². The maximum atomic E-state index is 12.0. The standard InChI is InChI=1S/C11H13N3O3S/c12-7-9-10(3-1-6-13-9)18(16,17)14-8-11(15)4-2-5-11/h1,3,6,14-15H,2,4-5,8H2. The summed E-state index contributed by atoms with van der Waals surface area (Å²) in [4.78, 5) is 3.54. The molecule has 1 fully saturated rings. The monoisotopic (exact) mass is 267 g/mol. The van der Waals surface area contributed by atoms with Crippen LogP contribution in [0.1, 0.15) is 25.0 Å². The predicted molar refractivity (Wildman–Crippen MR) is 62.9 cm³/mol. The van der Waals surface area contributed by atoms with Crippen LogP contribution in [0.15, 0.2) is 23.2 Å². The fourth-order valence-electron chi connectivity index (χ4n) is 1.76. The molecule has 1 heterocycles. The van der Waals surface area contributed by atoms with E-state index in [4.69, 9.17) is 5.26 Å². The molecule has 1 saturated carbocycles. The Labute approximate surface area is 105 Å². The van der Waals surface area contributed by atoms with E-state index in [0.717, 1.165) is 6.42 Å². The predicted octanol–water partition coefficient (Wildman–Crippen LogP) is 0.147. The van der Waals surface area contributed by atoms with Crippen molar-refractivity contribution < 1.29 is 13.5 Å². The fourth-order valence-corrected chi connectivity index (χ4v) is 2.98. The molecule has 1 aromatic heterocycles. The topological polar surface area (TPSA) is 103 Å². The van der Waals surface area contributed by atoms with E-state index < -0.39 is 15.6 Å². The minimum atomic E-state index is -3.81. The van der Waals surface area contributed by atoms with Crippen LogP contribution in [0.3, 0.4) is 0 Å². The highest BCUT2D eigenvalue weighted by molar-refractivity contribution is 7.89. The zero-order chi connectivity index (χ0) is 13.2. The van der Waals surface area contributed by atoms with Crippen LogP contribution in [0.25, 0.3) is 0 Å². The Kier molecular flexibility index (Phi) is 3.34. The average Bonchev–Trinajstić information content (AvgIpc) is 2.34. The maximum Gasteiger partial charge on any atom is 0.243 e. The van der Waals surface area contributed by atoms with Gasteiger partial charge < -0.3 is 5.11 Å². The molecule has 18 heavy (non-hydrogen) atoms. The van der Waals surface area contributed by atoms with Crippen molar-refractivity contribution in [1.82, 2.24) is 9.71 Å². The number of nitriles is 1. The van der Waals surface area contributed by atoms with E-state index in [9.17, 15) is 13.5 Å². The lowest BCUT2D eigenvalue weighted by molar-refractivity contribution is -0.0270. The van der Waals surface area contributed by atoms with Gasteiger partial charge >= 0.3 is 0 Å². The Morgan fingerprint density at radius 3 is 2.83 bits per heavy atom. The van der Waals surface area contributed by atoms with Gasteiger partial charge in [-0.3, -0.25) is 0 Å². The van der Waals surface area contributed by atoms with Crippen molar-refractivity contribution in [2.45, 2.75) is 29.8 Å². The van der Waals surface area contributed by atoms with Crippen molar-refractivity contribution in [3.63, 3.8) is 0 Å². The quantitative estimate of drug-likeness (QED) is 0.808. The third-order valence-corrected chi connectivity index (χ3v) is 4.47. The number of rotatable bonds is 4. The van der Waals surface area contributed by atoms with Gasteiger partial charge in [0.15, 0.2) is 5.69 Å². The van der Waals surface area contributed by atoms with E-state index in [-0.39, 0.29) is 17.1 Å². The van der Waals surface area contributed by atoms with E-state index in [1.165, 1.54) is 18.3 Å². The molecule has 0 aromatic carbocycles. The molecular weight excluding hydrogens is 254 g/mol. The van der Waals surface area contributed by atoms with Gasteiger partial charge in [0.25, 0.3) is 0 Å². The number of aromatic nitrogens is 1. The highest BCUT2D eigenvalue weighted by Crippen LogP contribution is 2.31. The molecule has 6 nitrogen and oxygen atoms in total. The maximum absolute atomic E-state index is 12.0. The zero-order valence-electron chi connectivity index (χ0n) is 9.63. The van der Waals surface area contributed by atoms with Crippen molar-refractivity contribution in [2.24, 2.45) is 0 Å². The molecule has 96 valence electrons. The molecule has 7 heteroatoms. The van der Waals surface area contributed by atoms with Crippen LogP contribution in [0.5, 0.6) is 0 Å². The van der Waals surface area contributed by atoms with Crippen LogP contribution >= 0.6 is 0 Å². The summed E-state index contributed by atoms with van der Waals surface area (Å²) in [5.74, 6) is 0. The summed E-state index contributed by atoms with van der Waals surface area (Å²) in [7, 11) is -3.81. The molecule has 1 aliphatic carbocycles. The molecular formula is C11H13N3O3S. The van der Waals surface area contributed by atoms with Gasteiger partial charge in [0.1, 0.15) is 11.0 Å². The summed E-state index contributed by atoms with van der Waals surface area (Å²) < 4.78 is 26.3. The summed E-state index contributed by atoms with van der Waals surface area (Å²) in [6, 6.07) is 4.50. The molecule has 1 aliphatic rings. The lowest BCUT2D eigenvalue weighted by Gasteiger charge is -2.36. The molecule has 0 radical (unpaired) electrons. The van der Waals surface area contributed by atoms with Crippen LogP contribution in [0, 0.1) is 11.3 Å². The first-order valence-corrected chi connectivity index (χ1v) is 7.02. The van der Waals surface area contributed by atoms with Crippen LogP contribution < -0.4 is 4.72 Å². The second kappa shape index (κ2) is 4.65. The van der Waals surface area contributed by atoms with E-state index >= 15 is 0 Å². The Hall–Kier alpha value is -1.49. The molecule has 2 rings (SSSR count). The van der Waals surface area contributed by atoms with Gasteiger partial charge in [-0.25, -0.2) is 18.1 Å². The number of pyridine rings is 1. The van der Waals surface area contributed by atoms with Gasteiger partial charge in [-0.1, -0.05) is 0 Å². The van der Waals surface area contributed by atoms with E-state index in [2.05, 4.69) is 9.71 Å². The van der Waals surface area contributed by atoms with E-state index in [0.29, 0.717) is 12.8 Å². The minimum Gasteiger partial charge on any atom is -0.389 e. The van der Waals surface area contributed by atoms with Crippen molar-refractivity contribution in [2.75, 3.05) is 6.54 Å². The van der Waals surface area contributed by atoms with Gasteiger partial charge in [0.2, 0.25) is 10.0 Å². The summed E-state index contributed by atoms with van der Waals surface area (Å²) >= 11 is 0. The first kappa shape index (κ1) is 13.0. The molecule has 2 N–H and O–H groups in total. The van der Waals surface area contributed by atoms with Crippen molar-refractivity contribution >= 4 is 10.0 Å². The van der Waals surface area contributed by atoms with Gasteiger partial charge in [0, 0.05) is 12.7 Å². The van der Waals surface area contributed by atoms with E-state index in [1.807, 2.05) is 0 Å². The highest BCUT2D eigenvalue weighted by atomic mass is 32.2. The molecule has 0 saturated heterocycles. The summed E-state index contributed by atoms with van der Waals surface area (Å²) in [6.07, 6.45) is 3.44. The molecule has 0 atom stereocenters. The molecule has 1 aromatic rings. The zero-order valence-corrected chi connectivity index (χ0v) is 10.4. The Balaban J connectivity index is 2.18. The van der Waals surface area contributed by atoms with Crippen LogP contribution in [0.4, 0.5) is 0 Å². The van der Waals surface area contributed by atoms with Crippen LogP contribution in [-0.2, 0) is 10.0 Å². The molecule has 0 aliphatic heterocycles. The Bertz CT molecular complexity index is 588. The molecule has 0 amide bonds. The van der Waals surface area contributed by atoms with Crippen molar-refractivity contribution in [1.29, 1.82) is 5.26 Å². The highest BCUT2D eigenvalue weighted by Gasteiger charge is 2.35. The number of nitrogens with zero attached hydrogens (tertiary/aromatic N) is 2. The minimum absolute atomic E-state index is 0.0326. The summed E-state index contributed by atoms with van der Waals surface area (Å²) in [6.45, 7) is -0.0326. The normalized spacial score (nSPS) is 17.8. The second-order valence-corrected chi connectivity index (χ2v) is 6.10. The SMILES string of the molecule is N#Cc1ncccc1S(=O)(=O)NCC1(O)CCC1. The van der Waals surface area contributed by atoms with Crippen molar-refractivity contribution in [3.8, 4) is 6.07 Å². The van der Waals surface area contributed by atoms with Crippen LogP contribution in [-0.4, -0.2) is 30.7 Å². The second-order valence-electron chi connectivity index (χ2n) is 4.36. The number of hydrogen-bond acceptors (Lipinski definition) is 5. The fraction of sp³-hybridized carbons (Fsp3) is 0.455. The van der Waals surface area contributed by atoms with Gasteiger partial charge in [0.05, 0.1) is 5.60 Å². The third kappa shape index (κ3) is 2.51. The average molecular weight is 267 g/mol. The van der Waals surface area contributed by atoms with Gasteiger partial charge in [-0.15, -0.1) is 0 Å². The first-order chi connectivity index (χ1) is 8.47. The number of aliphatic hydroxyl groups is 1. The Morgan fingerprint density at radius 1 is 1.56 bits per heavy atom. The van der Waals surface area contributed by atoms with Gasteiger partial charge in [-0.2, -0.15) is 5.26 Å². The summed E-state index contributed by atoms with van der Waals surface area (Å²) in [5, 5.41) is 18.7. The number of nitrogens with one attached hydrogen (secondary N) is 1. The van der Waals surface area contributed by atoms with E-state index in [1.54, 1.807) is 6.07 Å². The lowest BCUT2D eigenvalue weighted by atomic mass is 9.81. The molecule has 0 unspecified atom stereocenters.